The Kier molecular flexibility index (Phi) is 23.4. The highest BCUT2D eigenvalue weighted by Gasteiger charge is 2.63. The van der Waals surface area contributed by atoms with Crippen molar-refractivity contribution < 1.29 is 132 Å². The Morgan fingerprint density at radius 3 is 1.67 bits per heavy atom. The molecule has 78 heavy (non-hydrogen) atoms. The van der Waals surface area contributed by atoms with Crippen LogP contribution in [0.25, 0.3) is 0 Å². The van der Waals surface area contributed by atoms with Crippen LogP contribution in [0.3, 0.4) is 0 Å². The smallest absolute Gasteiger partial charge is 0.475 e. The Morgan fingerprint density at radius 2 is 1.19 bits per heavy atom. The van der Waals surface area contributed by atoms with Gasteiger partial charge in [0.2, 0.25) is 4.93 Å². The van der Waals surface area contributed by atoms with Crippen molar-refractivity contribution in [3.63, 3.8) is 0 Å². The summed E-state index contributed by atoms with van der Waals surface area (Å²) in [7, 11) is 1.13. The van der Waals surface area contributed by atoms with E-state index in [9.17, 15) is 64.7 Å². The van der Waals surface area contributed by atoms with Gasteiger partial charge in [0, 0.05) is 52.5 Å². The van der Waals surface area contributed by atoms with Crippen LogP contribution in [0, 0.1) is 0 Å². The monoisotopic (exact) mass is 1150 g/mol. The van der Waals surface area contributed by atoms with Gasteiger partial charge in [-0.05, 0) is 24.3 Å². The number of carbonyl (C=O) groups excluding carboxylic acids is 8. The normalized spacial score (nSPS) is 25.9. The Morgan fingerprint density at radius 1 is 0.692 bits per heavy atom. The van der Waals surface area contributed by atoms with Crippen molar-refractivity contribution in [1.82, 2.24) is 5.32 Å². The third-order valence-electron chi connectivity index (χ3n) is 10.7. The van der Waals surface area contributed by atoms with Gasteiger partial charge >= 0.3 is 66.1 Å². The lowest BCUT2D eigenvalue weighted by atomic mass is 9.86. The maximum Gasteiger partial charge on any atom is 0.490 e. The fourth-order valence-electron chi connectivity index (χ4n) is 7.57. The van der Waals surface area contributed by atoms with Crippen LogP contribution in [0.15, 0.2) is 65.6 Å². The maximum absolute atomic E-state index is 14.1. The lowest BCUT2D eigenvalue weighted by Gasteiger charge is -2.52. The van der Waals surface area contributed by atoms with Gasteiger partial charge in [0.15, 0.2) is 18.3 Å². The number of nitrogens with two attached hydrogens (primary N) is 2. The van der Waals surface area contributed by atoms with E-state index >= 15 is 0 Å². The highest BCUT2D eigenvalue weighted by Crippen LogP contribution is 2.46. The van der Waals surface area contributed by atoms with Gasteiger partial charge in [0.05, 0.1) is 31.2 Å². The number of thioether (sulfide) groups is 1. The molecule has 0 aliphatic carbocycles. The number of aliphatic carboxylic acids is 2. The minimum absolute atomic E-state index is 0.161. The quantitative estimate of drug-likeness (QED) is 0.0965. The molecule has 12 atom stereocenters. The van der Waals surface area contributed by atoms with Crippen LogP contribution in [0.2, 0.25) is 0 Å². The van der Waals surface area contributed by atoms with Gasteiger partial charge in [-0.25, -0.2) is 19.2 Å². The molecule has 0 saturated carbocycles. The van der Waals surface area contributed by atoms with Crippen molar-refractivity contribution >= 4 is 71.4 Å². The van der Waals surface area contributed by atoms with E-state index in [2.05, 4.69) is 5.32 Å². The summed E-state index contributed by atoms with van der Waals surface area (Å²) >= 11 is 0.919. The molecule has 3 aliphatic heterocycles. The minimum atomic E-state index is -5.08. The number of rotatable bonds is 15. The summed E-state index contributed by atoms with van der Waals surface area (Å²) in [5.41, 5.74) is 13.7. The van der Waals surface area contributed by atoms with Gasteiger partial charge < -0.3 is 74.4 Å². The average Bonchev–Trinajstić information content (AvgIpc) is 3.35. The summed E-state index contributed by atoms with van der Waals surface area (Å²) in [5, 5.41) is 16.9. The van der Waals surface area contributed by atoms with Crippen molar-refractivity contribution in [2.45, 2.75) is 136 Å². The molecule has 3 heterocycles. The third kappa shape index (κ3) is 18.5. The van der Waals surface area contributed by atoms with Crippen LogP contribution >= 0.6 is 11.8 Å². The van der Waals surface area contributed by atoms with Crippen molar-refractivity contribution in [2.24, 2.45) is 11.5 Å². The van der Waals surface area contributed by atoms with E-state index in [1.54, 1.807) is 48.5 Å². The topological polar surface area (TPSA) is 368 Å². The van der Waals surface area contributed by atoms with Gasteiger partial charge in [0.1, 0.15) is 37.1 Å². The molecule has 2 aromatic rings. The first kappa shape index (κ1) is 65.2. The number of carbonyl (C=O) groups is 10. The van der Waals surface area contributed by atoms with E-state index < -0.39 is 163 Å². The molecule has 1 spiro atoms. The molecule has 3 aliphatic rings. The summed E-state index contributed by atoms with van der Waals surface area (Å²) < 4.78 is 122. The Hall–Kier alpha value is -7.13. The number of halogens is 6. The molecule has 0 unspecified atom stereocenters. The second-order valence-electron chi connectivity index (χ2n) is 16.7. The first-order valence-electron chi connectivity index (χ1n) is 22.5. The molecular weight excluding hydrogens is 1090 g/mol. The molecular formula is C46H53F6N3O22S. The van der Waals surface area contributed by atoms with Crippen LogP contribution in [0.4, 0.5) is 26.3 Å². The zero-order valence-electron chi connectivity index (χ0n) is 41.8. The summed E-state index contributed by atoms with van der Waals surface area (Å²) in [4.78, 5) is 120. The highest BCUT2D eigenvalue weighted by atomic mass is 32.2. The zero-order valence-corrected chi connectivity index (χ0v) is 42.6. The molecule has 3 saturated heterocycles. The van der Waals surface area contributed by atoms with E-state index in [1.807, 2.05) is 0 Å². The SMILES string of the molecule is COC(=O)[C@]1(Sc2ccccc2)C[C@H](OC(=O)c2ccccc2)[C@@H](N)[C@H]([C@H](OC(C)=O)[C@H]2CNC(=O)[C@]3(C[C@H](OC(C)=O)[C@@H](N)[C@H]([C@H](OC(C)=O)[C@@H](COC(C)=O)OC(C)=O)O3)O2)O1.O=C(O)C(F)(F)F.O=C(O)C(F)(F)F. The number of morpholine rings is 1. The van der Waals surface area contributed by atoms with Gasteiger partial charge in [-0.1, -0.05) is 48.2 Å². The lowest BCUT2D eigenvalue weighted by Crippen LogP contribution is -2.74. The first-order chi connectivity index (χ1) is 36.2. The fourth-order valence-corrected chi connectivity index (χ4v) is 8.82. The van der Waals surface area contributed by atoms with E-state index in [0.717, 1.165) is 53.5 Å². The third-order valence-corrected chi connectivity index (χ3v) is 12.0. The number of ether oxygens (including phenoxy) is 10. The van der Waals surface area contributed by atoms with Gasteiger partial charge in [-0.2, -0.15) is 26.3 Å². The number of hydrogen-bond donors (Lipinski definition) is 5. The van der Waals surface area contributed by atoms with Crippen LogP contribution in [-0.4, -0.2) is 174 Å². The minimum Gasteiger partial charge on any atom is -0.475 e. The molecule has 0 radical (unpaired) electrons. The second kappa shape index (κ2) is 28.0. The van der Waals surface area contributed by atoms with Gasteiger partial charge in [-0.15, -0.1) is 0 Å². The Labute approximate surface area is 442 Å². The first-order valence-corrected chi connectivity index (χ1v) is 23.3. The van der Waals surface area contributed by atoms with E-state index in [0.29, 0.717) is 4.90 Å². The van der Waals surface area contributed by atoms with Crippen LogP contribution < -0.4 is 16.8 Å². The summed E-state index contributed by atoms with van der Waals surface area (Å²) in [6.07, 6.45) is -23.7. The van der Waals surface area contributed by atoms with Crippen LogP contribution in [-0.2, 0) is 90.5 Å². The number of hydrogen-bond acceptors (Lipinski definition) is 23. The van der Waals surface area contributed by atoms with Gasteiger partial charge in [0.25, 0.3) is 11.7 Å². The predicted molar refractivity (Wildman–Crippen MR) is 244 cm³/mol. The second-order valence-corrected chi connectivity index (χ2v) is 18.0. The largest absolute Gasteiger partial charge is 0.490 e. The number of alkyl halides is 6. The van der Waals surface area contributed by atoms with Gasteiger partial charge in [-0.3, -0.25) is 28.8 Å². The number of carboxylic acids is 2. The molecule has 5 rings (SSSR count). The molecule has 7 N–H and O–H groups in total. The van der Waals surface area contributed by atoms with Crippen LogP contribution in [0.5, 0.6) is 0 Å². The molecule has 2 aromatic carbocycles. The van der Waals surface area contributed by atoms with Crippen molar-refractivity contribution in [1.29, 1.82) is 0 Å². The number of amides is 1. The van der Waals surface area contributed by atoms with Crippen LogP contribution in [0.1, 0.15) is 57.8 Å². The number of nitrogens with one attached hydrogen (secondary N) is 1. The number of carboxylic acid groups (broad SMARTS) is 2. The standard InChI is InChI=1S/C42H51N3O18S.2C2HF3O2/c1-21(46)55-20-31(57-23(3)48)35(59-25(5)50)36-32(43)28(56-22(2)47)17-41(62-36)39(52)45-19-30(61-41)34(58-24(4)49)37-33(44)29(60-38(51)26-13-9-7-10-14-26)18-42(63-37,40(53)54-6)64-27-15-11-8-12-16-27;2*3-2(4,5)1(6)7/h7-16,28-37H,17-20,43-44H2,1-6H3,(H,45,52);2*(H,6,7)/t28-,29-,30+,31+,32+,33+,34+,35+,36+,37+,41+,42+;;/m0../s1. The summed E-state index contributed by atoms with van der Waals surface area (Å²) in [6.45, 7) is 4.17. The molecule has 32 heteroatoms. The lowest BCUT2D eigenvalue weighted by molar-refractivity contribution is -0.333. The van der Waals surface area contributed by atoms with Crippen molar-refractivity contribution in [3.8, 4) is 0 Å². The van der Waals surface area contributed by atoms with Crippen molar-refractivity contribution in [3.05, 3.63) is 66.2 Å². The number of methoxy groups -OCH3 is 1. The number of esters is 7. The fraction of sp³-hybridized carbons (Fsp3) is 0.522. The summed E-state index contributed by atoms with van der Waals surface area (Å²) in [5.74, 6) is -15.1. The molecule has 3 fully saturated rings. The molecule has 0 aromatic heterocycles. The van der Waals surface area contributed by atoms with E-state index in [-0.39, 0.29) is 12.0 Å². The van der Waals surface area contributed by atoms with Crippen molar-refractivity contribution in [2.75, 3.05) is 20.3 Å². The Balaban J connectivity index is 0.00000101. The van der Waals surface area contributed by atoms with E-state index in [4.69, 9.17) is 78.6 Å². The predicted octanol–water partition coefficient (Wildman–Crippen LogP) is 1.87. The van der Waals surface area contributed by atoms with E-state index in [1.165, 1.54) is 12.1 Å². The molecule has 0 bridgehead atoms. The average molecular weight is 1150 g/mol. The summed E-state index contributed by atoms with van der Waals surface area (Å²) in [6, 6.07) is 13.7. The molecule has 1 amide bonds. The molecule has 432 valence electrons. The number of benzene rings is 2. The Bertz CT molecular complexity index is 2450. The molecule has 25 nitrogen and oxygen atoms in total. The zero-order chi connectivity index (χ0) is 59.1. The highest BCUT2D eigenvalue weighted by molar-refractivity contribution is 8.01. The maximum atomic E-state index is 14.1.